The number of hydrogen-bond donors (Lipinski definition) is 2. The molecular formula is C17H13BrClN5O2. The van der Waals surface area contributed by atoms with Crippen LogP contribution in [-0.4, -0.2) is 26.8 Å². The van der Waals surface area contributed by atoms with E-state index in [9.17, 15) is 9.59 Å². The Balaban J connectivity index is 1.71. The van der Waals surface area contributed by atoms with Crippen molar-refractivity contribution in [3.8, 4) is 5.69 Å². The zero-order chi connectivity index (χ0) is 18.7. The standard InChI is InChI=1S/C17H13BrClN5O2/c1-10-15(20-23-24(10)14-4-2-3-13(19)9-14)17(26)22-21-16(25)11-5-7-12(18)8-6-11/h2-9H,1H3,(H,21,25)(H,22,26). The molecule has 0 fully saturated rings. The van der Waals surface area contributed by atoms with Crippen molar-refractivity contribution in [1.82, 2.24) is 25.8 Å². The maximum absolute atomic E-state index is 12.3. The predicted molar refractivity (Wildman–Crippen MR) is 100 cm³/mol. The number of rotatable bonds is 3. The van der Waals surface area contributed by atoms with Gasteiger partial charge in [0.15, 0.2) is 5.69 Å². The van der Waals surface area contributed by atoms with Gasteiger partial charge in [-0.05, 0) is 49.4 Å². The zero-order valence-electron chi connectivity index (χ0n) is 13.5. The van der Waals surface area contributed by atoms with Crippen LogP contribution < -0.4 is 10.9 Å². The summed E-state index contributed by atoms with van der Waals surface area (Å²) in [6.07, 6.45) is 0. The Kier molecular flexibility index (Phi) is 5.34. The molecule has 7 nitrogen and oxygen atoms in total. The number of hydrazine groups is 1. The van der Waals surface area contributed by atoms with E-state index in [-0.39, 0.29) is 5.69 Å². The minimum Gasteiger partial charge on any atom is -0.267 e. The second-order valence-electron chi connectivity index (χ2n) is 5.33. The molecule has 3 rings (SSSR count). The summed E-state index contributed by atoms with van der Waals surface area (Å²) in [6, 6.07) is 13.7. The first kappa shape index (κ1) is 18.1. The third-order valence-corrected chi connectivity index (χ3v) is 4.32. The minimum absolute atomic E-state index is 0.0982. The fraction of sp³-hybridized carbons (Fsp3) is 0.0588. The molecule has 0 radical (unpaired) electrons. The molecule has 2 amide bonds. The van der Waals surface area contributed by atoms with E-state index in [4.69, 9.17) is 11.6 Å². The lowest BCUT2D eigenvalue weighted by molar-refractivity contribution is 0.0843. The van der Waals surface area contributed by atoms with Gasteiger partial charge in [-0.25, -0.2) is 4.68 Å². The van der Waals surface area contributed by atoms with Crippen LogP contribution in [0.4, 0.5) is 0 Å². The number of aromatic nitrogens is 3. The first-order chi connectivity index (χ1) is 12.5. The van der Waals surface area contributed by atoms with E-state index in [1.165, 1.54) is 4.68 Å². The van der Waals surface area contributed by atoms with Crippen LogP contribution in [-0.2, 0) is 0 Å². The Hall–Kier alpha value is -2.71. The molecule has 26 heavy (non-hydrogen) atoms. The maximum atomic E-state index is 12.3. The maximum Gasteiger partial charge on any atom is 0.292 e. The minimum atomic E-state index is -0.568. The number of carbonyl (C=O) groups is 2. The lowest BCUT2D eigenvalue weighted by atomic mass is 10.2. The average Bonchev–Trinajstić information content (AvgIpc) is 3.01. The van der Waals surface area contributed by atoms with Crippen LogP contribution in [0.1, 0.15) is 26.5 Å². The van der Waals surface area contributed by atoms with Crippen molar-refractivity contribution in [1.29, 1.82) is 0 Å². The molecule has 0 aliphatic rings. The van der Waals surface area contributed by atoms with Crippen LogP contribution in [0.25, 0.3) is 5.69 Å². The average molecular weight is 435 g/mol. The Bertz CT molecular complexity index is 972. The predicted octanol–water partition coefficient (Wildman–Crippen LogP) is 3.07. The van der Waals surface area contributed by atoms with Gasteiger partial charge in [-0.3, -0.25) is 20.4 Å². The monoisotopic (exact) mass is 433 g/mol. The molecule has 0 saturated carbocycles. The van der Waals surface area contributed by atoms with Crippen LogP contribution in [0.15, 0.2) is 53.0 Å². The zero-order valence-corrected chi connectivity index (χ0v) is 15.9. The summed E-state index contributed by atoms with van der Waals surface area (Å²) in [4.78, 5) is 24.3. The van der Waals surface area contributed by atoms with Crippen molar-refractivity contribution in [2.75, 3.05) is 0 Å². The summed E-state index contributed by atoms with van der Waals surface area (Å²) in [5.74, 6) is -1.01. The van der Waals surface area contributed by atoms with Crippen LogP contribution in [0.2, 0.25) is 5.02 Å². The molecule has 0 atom stereocenters. The van der Waals surface area contributed by atoms with Gasteiger partial charge in [-0.15, -0.1) is 5.10 Å². The van der Waals surface area contributed by atoms with Crippen LogP contribution in [0.3, 0.4) is 0 Å². The van der Waals surface area contributed by atoms with E-state index in [0.717, 1.165) is 4.47 Å². The van der Waals surface area contributed by atoms with E-state index in [2.05, 4.69) is 37.1 Å². The summed E-state index contributed by atoms with van der Waals surface area (Å²) in [6.45, 7) is 1.70. The molecule has 0 aliphatic carbocycles. The summed E-state index contributed by atoms with van der Waals surface area (Å²) < 4.78 is 2.35. The highest BCUT2D eigenvalue weighted by atomic mass is 79.9. The van der Waals surface area contributed by atoms with Gasteiger partial charge in [0.25, 0.3) is 11.8 Å². The van der Waals surface area contributed by atoms with Gasteiger partial charge >= 0.3 is 0 Å². The lowest BCUT2D eigenvalue weighted by Crippen LogP contribution is -2.42. The summed E-state index contributed by atoms with van der Waals surface area (Å²) in [5, 5.41) is 8.40. The molecule has 0 aliphatic heterocycles. The summed E-state index contributed by atoms with van der Waals surface area (Å²) in [7, 11) is 0. The van der Waals surface area contributed by atoms with Gasteiger partial charge in [0, 0.05) is 15.1 Å². The van der Waals surface area contributed by atoms with Gasteiger partial charge in [0.1, 0.15) is 0 Å². The van der Waals surface area contributed by atoms with E-state index >= 15 is 0 Å². The Morgan fingerprint density at radius 1 is 1.08 bits per heavy atom. The fourth-order valence-electron chi connectivity index (χ4n) is 2.24. The van der Waals surface area contributed by atoms with E-state index in [1.807, 2.05) is 0 Å². The van der Waals surface area contributed by atoms with Crippen molar-refractivity contribution in [3.05, 3.63) is 75.0 Å². The van der Waals surface area contributed by atoms with E-state index < -0.39 is 11.8 Å². The summed E-state index contributed by atoms with van der Waals surface area (Å²) in [5.41, 5.74) is 6.39. The topological polar surface area (TPSA) is 88.9 Å². The smallest absolute Gasteiger partial charge is 0.267 e. The molecule has 9 heteroatoms. The van der Waals surface area contributed by atoms with Gasteiger partial charge in [-0.2, -0.15) is 0 Å². The molecule has 0 bridgehead atoms. The molecule has 3 aromatic rings. The Morgan fingerprint density at radius 3 is 2.46 bits per heavy atom. The van der Waals surface area contributed by atoms with Crippen LogP contribution in [0, 0.1) is 6.92 Å². The molecule has 1 aromatic heterocycles. The Morgan fingerprint density at radius 2 is 1.77 bits per heavy atom. The number of benzene rings is 2. The highest BCUT2D eigenvalue weighted by Crippen LogP contribution is 2.16. The quantitative estimate of drug-likeness (QED) is 0.620. The van der Waals surface area contributed by atoms with Gasteiger partial charge in [0.05, 0.1) is 11.4 Å². The molecule has 0 unspecified atom stereocenters. The van der Waals surface area contributed by atoms with Crippen molar-refractivity contribution < 1.29 is 9.59 Å². The van der Waals surface area contributed by atoms with Crippen molar-refractivity contribution >= 4 is 39.3 Å². The molecule has 132 valence electrons. The number of amides is 2. The van der Waals surface area contributed by atoms with Crippen molar-refractivity contribution in [2.24, 2.45) is 0 Å². The third kappa shape index (κ3) is 3.92. The van der Waals surface area contributed by atoms with Gasteiger partial charge in [0.2, 0.25) is 0 Å². The van der Waals surface area contributed by atoms with Crippen LogP contribution >= 0.6 is 27.5 Å². The van der Waals surface area contributed by atoms with Gasteiger partial charge in [-0.1, -0.05) is 38.8 Å². The van der Waals surface area contributed by atoms with Crippen LogP contribution in [0.5, 0.6) is 0 Å². The molecule has 0 spiro atoms. The van der Waals surface area contributed by atoms with E-state index in [1.54, 1.807) is 55.5 Å². The number of nitrogens with zero attached hydrogens (tertiary/aromatic N) is 3. The van der Waals surface area contributed by atoms with E-state index in [0.29, 0.717) is 22.0 Å². The molecule has 2 N–H and O–H groups in total. The van der Waals surface area contributed by atoms with Gasteiger partial charge < -0.3 is 0 Å². The highest BCUT2D eigenvalue weighted by Gasteiger charge is 2.18. The number of carbonyl (C=O) groups excluding carboxylic acids is 2. The third-order valence-electron chi connectivity index (χ3n) is 3.56. The molecular weight excluding hydrogens is 422 g/mol. The molecule has 0 saturated heterocycles. The lowest BCUT2D eigenvalue weighted by Gasteiger charge is -2.07. The summed E-state index contributed by atoms with van der Waals surface area (Å²) >= 11 is 9.27. The number of halogens is 2. The fourth-order valence-corrected chi connectivity index (χ4v) is 2.69. The SMILES string of the molecule is Cc1c(C(=O)NNC(=O)c2ccc(Br)cc2)nnn1-c1cccc(Cl)c1. The normalized spacial score (nSPS) is 10.4. The Labute approximate surface area is 162 Å². The first-order valence-corrected chi connectivity index (χ1v) is 8.67. The largest absolute Gasteiger partial charge is 0.292 e. The molecule has 1 heterocycles. The second kappa shape index (κ2) is 7.67. The molecule has 2 aromatic carbocycles. The van der Waals surface area contributed by atoms with Crippen molar-refractivity contribution in [2.45, 2.75) is 6.92 Å². The highest BCUT2D eigenvalue weighted by molar-refractivity contribution is 9.10. The number of nitrogens with one attached hydrogen (secondary N) is 2. The van der Waals surface area contributed by atoms with Crippen molar-refractivity contribution in [3.63, 3.8) is 0 Å². The first-order valence-electron chi connectivity index (χ1n) is 7.50. The second-order valence-corrected chi connectivity index (χ2v) is 6.68. The number of hydrogen-bond acceptors (Lipinski definition) is 4.